The number of carbonyl (C=O) groups excluding carboxylic acids is 1. The second-order valence-electron chi connectivity index (χ2n) is 7.56. The minimum Gasteiger partial charge on any atom is -0.367 e. The molecule has 0 radical (unpaired) electrons. The van der Waals surface area contributed by atoms with E-state index < -0.39 is 0 Å². The molecule has 1 unspecified atom stereocenters. The highest BCUT2D eigenvalue weighted by Crippen LogP contribution is 2.27. The number of rotatable bonds is 4. The molecule has 2 amide bonds. The average Bonchev–Trinajstić information content (AvgIpc) is 2.94. The number of benzene rings is 1. The standard InChI is InChI=1S/C21H34N4O/c1-3-18-8-7-12-25(13-11-18)21(26)22-19-9-5-6-10-20(19)24-16-14-23(4-2)15-17-24/h5-6,9-10,18H,3-4,7-8,11-17H2,1-2H3,(H,22,26). The Balaban J connectivity index is 1.64. The van der Waals surface area contributed by atoms with Gasteiger partial charge in [0.15, 0.2) is 0 Å². The van der Waals surface area contributed by atoms with Crippen molar-refractivity contribution in [1.29, 1.82) is 0 Å². The number of likely N-dealkylation sites (tertiary alicyclic amines) is 1. The average molecular weight is 359 g/mol. The van der Waals surface area contributed by atoms with Gasteiger partial charge in [0.1, 0.15) is 0 Å². The number of anilines is 2. The maximum Gasteiger partial charge on any atom is 0.321 e. The molecule has 1 aromatic rings. The maximum absolute atomic E-state index is 12.8. The Hall–Kier alpha value is -1.75. The Morgan fingerprint density at radius 3 is 2.54 bits per heavy atom. The van der Waals surface area contributed by atoms with Crippen LogP contribution in [-0.4, -0.2) is 61.6 Å². The van der Waals surface area contributed by atoms with Crippen LogP contribution in [0.5, 0.6) is 0 Å². The van der Waals surface area contributed by atoms with Crippen molar-refractivity contribution in [1.82, 2.24) is 9.80 Å². The number of hydrogen-bond donors (Lipinski definition) is 1. The summed E-state index contributed by atoms with van der Waals surface area (Å²) in [4.78, 5) is 19.7. The van der Waals surface area contributed by atoms with Crippen LogP contribution in [0.4, 0.5) is 16.2 Å². The number of likely N-dealkylation sites (N-methyl/N-ethyl adjacent to an activating group) is 1. The van der Waals surface area contributed by atoms with Crippen LogP contribution in [0, 0.1) is 5.92 Å². The zero-order valence-electron chi connectivity index (χ0n) is 16.4. The summed E-state index contributed by atoms with van der Waals surface area (Å²) >= 11 is 0. The third-order valence-corrected chi connectivity index (χ3v) is 6.02. The van der Waals surface area contributed by atoms with Crippen molar-refractivity contribution in [3.05, 3.63) is 24.3 Å². The molecule has 5 nitrogen and oxygen atoms in total. The van der Waals surface area contributed by atoms with E-state index >= 15 is 0 Å². The van der Waals surface area contributed by atoms with Crippen molar-refractivity contribution in [2.45, 2.75) is 39.5 Å². The first kappa shape index (κ1) is 19.0. The molecular formula is C21H34N4O. The first-order valence-electron chi connectivity index (χ1n) is 10.3. The van der Waals surface area contributed by atoms with Gasteiger partial charge in [0, 0.05) is 39.3 Å². The third-order valence-electron chi connectivity index (χ3n) is 6.02. The second kappa shape index (κ2) is 9.26. The second-order valence-corrected chi connectivity index (χ2v) is 7.56. The van der Waals surface area contributed by atoms with Crippen molar-refractivity contribution >= 4 is 17.4 Å². The van der Waals surface area contributed by atoms with Gasteiger partial charge in [0.25, 0.3) is 0 Å². The van der Waals surface area contributed by atoms with E-state index in [0.717, 1.165) is 75.9 Å². The Kier molecular flexibility index (Phi) is 6.78. The van der Waals surface area contributed by atoms with Crippen LogP contribution < -0.4 is 10.2 Å². The first-order valence-corrected chi connectivity index (χ1v) is 10.3. The molecule has 1 aromatic carbocycles. The number of nitrogens with one attached hydrogen (secondary N) is 1. The van der Waals surface area contributed by atoms with E-state index in [1.807, 2.05) is 17.0 Å². The minimum absolute atomic E-state index is 0.0568. The van der Waals surface area contributed by atoms with Crippen LogP contribution in [0.25, 0.3) is 0 Å². The van der Waals surface area contributed by atoms with Crippen LogP contribution in [-0.2, 0) is 0 Å². The number of hydrogen-bond acceptors (Lipinski definition) is 3. The van der Waals surface area contributed by atoms with E-state index in [1.165, 1.54) is 12.8 Å². The van der Waals surface area contributed by atoms with E-state index in [2.05, 4.69) is 41.1 Å². The highest BCUT2D eigenvalue weighted by atomic mass is 16.2. The van der Waals surface area contributed by atoms with Gasteiger partial charge in [-0.25, -0.2) is 4.79 Å². The monoisotopic (exact) mass is 358 g/mol. The maximum atomic E-state index is 12.8. The number of piperazine rings is 1. The topological polar surface area (TPSA) is 38.8 Å². The van der Waals surface area contributed by atoms with Gasteiger partial charge in [-0.2, -0.15) is 0 Å². The van der Waals surface area contributed by atoms with Gasteiger partial charge in [0.05, 0.1) is 11.4 Å². The lowest BCUT2D eigenvalue weighted by Gasteiger charge is -2.36. The molecule has 2 fully saturated rings. The SMILES string of the molecule is CCC1CCCN(C(=O)Nc2ccccc2N2CCN(CC)CC2)CC1. The fourth-order valence-corrected chi connectivity index (χ4v) is 4.13. The smallest absolute Gasteiger partial charge is 0.321 e. The number of nitrogens with zero attached hydrogens (tertiary/aromatic N) is 3. The van der Waals surface area contributed by atoms with Crippen molar-refractivity contribution in [2.24, 2.45) is 5.92 Å². The summed E-state index contributed by atoms with van der Waals surface area (Å²) in [6.07, 6.45) is 4.72. The highest BCUT2D eigenvalue weighted by molar-refractivity contribution is 5.93. The lowest BCUT2D eigenvalue weighted by Crippen LogP contribution is -2.46. The zero-order chi connectivity index (χ0) is 18.4. The molecule has 0 bridgehead atoms. The molecule has 3 rings (SSSR count). The molecule has 0 spiro atoms. The summed E-state index contributed by atoms with van der Waals surface area (Å²) in [6, 6.07) is 8.30. The Bertz CT molecular complexity index is 583. The quantitative estimate of drug-likeness (QED) is 0.888. The molecule has 2 heterocycles. The number of carbonyl (C=O) groups is 1. The number of para-hydroxylation sites is 2. The van der Waals surface area contributed by atoms with Gasteiger partial charge < -0.3 is 20.0 Å². The summed E-state index contributed by atoms with van der Waals surface area (Å²) in [5.74, 6) is 0.773. The van der Waals surface area contributed by atoms with Gasteiger partial charge in [-0.05, 0) is 43.9 Å². The predicted octanol–water partition coefficient (Wildman–Crippen LogP) is 3.87. The molecule has 0 aromatic heterocycles. The molecular weight excluding hydrogens is 324 g/mol. The molecule has 0 aliphatic carbocycles. The van der Waals surface area contributed by atoms with Crippen molar-refractivity contribution in [2.75, 3.05) is 56.0 Å². The van der Waals surface area contributed by atoms with E-state index in [-0.39, 0.29) is 6.03 Å². The van der Waals surface area contributed by atoms with Gasteiger partial charge in [-0.3, -0.25) is 0 Å². The summed E-state index contributed by atoms with van der Waals surface area (Å²) in [5, 5.41) is 3.20. The number of amides is 2. The van der Waals surface area contributed by atoms with Gasteiger partial charge in [0.2, 0.25) is 0 Å². The van der Waals surface area contributed by atoms with E-state index in [9.17, 15) is 4.79 Å². The minimum atomic E-state index is 0.0568. The highest BCUT2D eigenvalue weighted by Gasteiger charge is 2.22. The van der Waals surface area contributed by atoms with Gasteiger partial charge >= 0.3 is 6.03 Å². The summed E-state index contributed by atoms with van der Waals surface area (Å²) in [6.45, 7) is 11.5. The Morgan fingerprint density at radius 1 is 1.04 bits per heavy atom. The van der Waals surface area contributed by atoms with Crippen LogP contribution in [0.15, 0.2) is 24.3 Å². The van der Waals surface area contributed by atoms with Crippen LogP contribution in [0.1, 0.15) is 39.5 Å². The lowest BCUT2D eigenvalue weighted by molar-refractivity contribution is 0.213. The third kappa shape index (κ3) is 4.70. The molecule has 1 atom stereocenters. The number of urea groups is 1. The lowest BCUT2D eigenvalue weighted by atomic mass is 9.98. The molecule has 144 valence electrons. The molecule has 2 aliphatic heterocycles. The van der Waals surface area contributed by atoms with Crippen LogP contribution in [0.2, 0.25) is 0 Å². The molecule has 2 saturated heterocycles. The first-order chi connectivity index (χ1) is 12.7. The molecule has 26 heavy (non-hydrogen) atoms. The molecule has 2 aliphatic rings. The van der Waals surface area contributed by atoms with Gasteiger partial charge in [-0.15, -0.1) is 0 Å². The Morgan fingerprint density at radius 2 is 1.81 bits per heavy atom. The van der Waals surface area contributed by atoms with E-state index in [0.29, 0.717) is 0 Å². The van der Waals surface area contributed by atoms with E-state index in [1.54, 1.807) is 0 Å². The molecule has 1 N–H and O–H groups in total. The molecule has 5 heteroatoms. The van der Waals surface area contributed by atoms with Crippen LogP contribution in [0.3, 0.4) is 0 Å². The fourth-order valence-electron chi connectivity index (χ4n) is 4.13. The van der Waals surface area contributed by atoms with E-state index in [4.69, 9.17) is 0 Å². The zero-order valence-corrected chi connectivity index (χ0v) is 16.4. The summed E-state index contributed by atoms with van der Waals surface area (Å²) < 4.78 is 0. The van der Waals surface area contributed by atoms with Crippen molar-refractivity contribution in [3.8, 4) is 0 Å². The predicted molar refractivity (Wildman–Crippen MR) is 109 cm³/mol. The normalized spacial score (nSPS) is 22.2. The van der Waals surface area contributed by atoms with Crippen molar-refractivity contribution in [3.63, 3.8) is 0 Å². The largest absolute Gasteiger partial charge is 0.367 e. The van der Waals surface area contributed by atoms with Crippen LogP contribution >= 0.6 is 0 Å². The fraction of sp³-hybridized carbons (Fsp3) is 0.667. The molecule has 0 saturated carbocycles. The summed E-state index contributed by atoms with van der Waals surface area (Å²) in [7, 11) is 0. The van der Waals surface area contributed by atoms with Crippen molar-refractivity contribution < 1.29 is 4.79 Å². The Labute approximate surface area is 158 Å². The summed E-state index contributed by atoms with van der Waals surface area (Å²) in [5.41, 5.74) is 2.09. The van der Waals surface area contributed by atoms with Gasteiger partial charge in [-0.1, -0.05) is 32.4 Å².